The summed E-state index contributed by atoms with van der Waals surface area (Å²) in [7, 11) is 0. The molecule has 2 aromatic rings. The molecule has 80 valence electrons. The van der Waals surface area contributed by atoms with E-state index in [4.69, 9.17) is 0 Å². The van der Waals surface area contributed by atoms with E-state index in [2.05, 4.69) is 4.98 Å². The number of rotatable bonds is 3. The molecule has 2 nitrogen and oxygen atoms in total. The molecule has 0 N–H and O–H groups in total. The van der Waals surface area contributed by atoms with E-state index in [9.17, 15) is 4.79 Å². The molecule has 0 aliphatic heterocycles. The highest BCUT2D eigenvalue weighted by Crippen LogP contribution is 2.09. The number of nitrogens with zero attached hydrogens (tertiary/aromatic N) is 1. The van der Waals surface area contributed by atoms with Gasteiger partial charge in [0.05, 0.1) is 0 Å². The van der Waals surface area contributed by atoms with Crippen LogP contribution in [0.5, 0.6) is 0 Å². The summed E-state index contributed by atoms with van der Waals surface area (Å²) in [5.41, 5.74) is 2.96. The molecule has 0 radical (unpaired) electrons. The van der Waals surface area contributed by atoms with Crippen molar-refractivity contribution in [2.75, 3.05) is 0 Å². The zero-order valence-electron chi connectivity index (χ0n) is 9.18. The first-order valence-corrected chi connectivity index (χ1v) is 5.25. The Balaban J connectivity index is 2.14. The fourth-order valence-electron chi connectivity index (χ4n) is 1.57. The number of carbonyl (C=O) groups is 1. The predicted molar refractivity (Wildman–Crippen MR) is 63.5 cm³/mol. The van der Waals surface area contributed by atoms with Crippen LogP contribution in [0.25, 0.3) is 0 Å². The van der Waals surface area contributed by atoms with Crippen LogP contribution in [0.3, 0.4) is 0 Å². The van der Waals surface area contributed by atoms with Crippen LogP contribution in [0.15, 0.2) is 48.7 Å². The third-order valence-corrected chi connectivity index (χ3v) is 2.47. The van der Waals surface area contributed by atoms with Gasteiger partial charge in [-0.25, -0.2) is 0 Å². The number of hydrogen-bond donors (Lipinski definition) is 0. The summed E-state index contributed by atoms with van der Waals surface area (Å²) in [5, 5.41) is 0. The van der Waals surface area contributed by atoms with Gasteiger partial charge in [-0.1, -0.05) is 30.3 Å². The van der Waals surface area contributed by atoms with Crippen molar-refractivity contribution in [3.05, 3.63) is 65.5 Å². The first-order valence-electron chi connectivity index (χ1n) is 5.25. The SMILES string of the molecule is CC(=O)c1ccc(Cc2ccccn2)cc1. The van der Waals surface area contributed by atoms with Gasteiger partial charge in [-0.15, -0.1) is 0 Å². The highest BCUT2D eigenvalue weighted by atomic mass is 16.1. The second-order valence-electron chi connectivity index (χ2n) is 3.75. The molecule has 0 unspecified atom stereocenters. The maximum Gasteiger partial charge on any atom is 0.159 e. The highest BCUT2D eigenvalue weighted by Gasteiger charge is 2.00. The fourth-order valence-corrected chi connectivity index (χ4v) is 1.57. The average molecular weight is 211 g/mol. The van der Waals surface area contributed by atoms with Gasteiger partial charge in [0.25, 0.3) is 0 Å². The van der Waals surface area contributed by atoms with Crippen molar-refractivity contribution in [2.45, 2.75) is 13.3 Å². The maximum atomic E-state index is 11.1. The molecule has 1 heterocycles. The van der Waals surface area contributed by atoms with Crippen molar-refractivity contribution >= 4 is 5.78 Å². The van der Waals surface area contributed by atoms with Gasteiger partial charge in [0.15, 0.2) is 5.78 Å². The zero-order chi connectivity index (χ0) is 11.4. The minimum absolute atomic E-state index is 0.101. The van der Waals surface area contributed by atoms with Gasteiger partial charge in [-0.3, -0.25) is 9.78 Å². The molecule has 0 fully saturated rings. The Morgan fingerprint density at radius 2 is 1.88 bits per heavy atom. The summed E-state index contributed by atoms with van der Waals surface area (Å²) in [5.74, 6) is 0.101. The van der Waals surface area contributed by atoms with Gasteiger partial charge in [0.2, 0.25) is 0 Å². The van der Waals surface area contributed by atoms with Crippen LogP contribution in [0.1, 0.15) is 28.5 Å². The Labute approximate surface area is 95.0 Å². The number of benzene rings is 1. The second-order valence-corrected chi connectivity index (χ2v) is 3.75. The Morgan fingerprint density at radius 3 is 2.44 bits per heavy atom. The molecule has 0 bridgehead atoms. The Bertz CT molecular complexity index is 474. The van der Waals surface area contributed by atoms with Crippen molar-refractivity contribution in [1.82, 2.24) is 4.98 Å². The van der Waals surface area contributed by atoms with Crippen molar-refractivity contribution in [3.63, 3.8) is 0 Å². The lowest BCUT2D eigenvalue weighted by atomic mass is 10.1. The normalized spacial score (nSPS) is 10.1. The van der Waals surface area contributed by atoms with E-state index in [1.165, 1.54) is 5.56 Å². The van der Waals surface area contributed by atoms with Crippen molar-refractivity contribution in [2.24, 2.45) is 0 Å². The summed E-state index contributed by atoms with van der Waals surface area (Å²) in [6.07, 6.45) is 2.60. The molecular formula is C14H13NO. The summed E-state index contributed by atoms with van der Waals surface area (Å²) in [4.78, 5) is 15.4. The van der Waals surface area contributed by atoms with Crippen molar-refractivity contribution in [3.8, 4) is 0 Å². The van der Waals surface area contributed by atoms with Crippen LogP contribution in [-0.4, -0.2) is 10.8 Å². The van der Waals surface area contributed by atoms with E-state index in [1.807, 2.05) is 42.5 Å². The van der Waals surface area contributed by atoms with Crippen LogP contribution >= 0.6 is 0 Å². The molecule has 0 saturated carbocycles. The Kier molecular flexibility index (Phi) is 3.10. The van der Waals surface area contributed by atoms with Crippen LogP contribution in [0.2, 0.25) is 0 Å². The molecule has 0 atom stereocenters. The van der Waals surface area contributed by atoms with E-state index < -0.39 is 0 Å². The van der Waals surface area contributed by atoms with Crippen molar-refractivity contribution in [1.29, 1.82) is 0 Å². The molecule has 16 heavy (non-hydrogen) atoms. The Hall–Kier alpha value is -1.96. The molecule has 2 heteroatoms. The van der Waals surface area contributed by atoms with Gasteiger partial charge in [0, 0.05) is 23.9 Å². The predicted octanol–water partition coefficient (Wildman–Crippen LogP) is 2.88. The number of hydrogen-bond acceptors (Lipinski definition) is 2. The standard InChI is InChI=1S/C14H13NO/c1-11(16)13-7-5-12(6-8-13)10-14-4-2-3-9-15-14/h2-9H,10H2,1H3. The first-order chi connectivity index (χ1) is 7.75. The smallest absolute Gasteiger partial charge is 0.159 e. The van der Waals surface area contributed by atoms with Crippen LogP contribution in [-0.2, 0) is 6.42 Å². The summed E-state index contributed by atoms with van der Waals surface area (Å²) < 4.78 is 0. The number of aromatic nitrogens is 1. The third-order valence-electron chi connectivity index (χ3n) is 2.47. The van der Waals surface area contributed by atoms with Crippen LogP contribution < -0.4 is 0 Å². The van der Waals surface area contributed by atoms with Crippen molar-refractivity contribution < 1.29 is 4.79 Å². The minimum Gasteiger partial charge on any atom is -0.295 e. The van der Waals surface area contributed by atoms with E-state index >= 15 is 0 Å². The van der Waals surface area contributed by atoms with Crippen LogP contribution in [0, 0.1) is 0 Å². The van der Waals surface area contributed by atoms with Gasteiger partial charge in [-0.2, -0.15) is 0 Å². The summed E-state index contributed by atoms with van der Waals surface area (Å²) >= 11 is 0. The number of carbonyl (C=O) groups excluding carboxylic acids is 1. The molecule has 0 saturated heterocycles. The van der Waals surface area contributed by atoms with E-state index in [-0.39, 0.29) is 5.78 Å². The largest absolute Gasteiger partial charge is 0.295 e. The zero-order valence-corrected chi connectivity index (χ0v) is 9.18. The lowest BCUT2D eigenvalue weighted by Crippen LogP contribution is -1.94. The Morgan fingerprint density at radius 1 is 1.12 bits per heavy atom. The van der Waals surface area contributed by atoms with E-state index in [1.54, 1.807) is 13.1 Å². The molecule has 1 aromatic heterocycles. The maximum absolute atomic E-state index is 11.1. The highest BCUT2D eigenvalue weighted by molar-refractivity contribution is 5.94. The molecule has 0 spiro atoms. The average Bonchev–Trinajstić information content (AvgIpc) is 2.31. The number of ketones is 1. The molecule has 2 rings (SSSR count). The van der Waals surface area contributed by atoms with Gasteiger partial charge in [-0.05, 0) is 24.6 Å². The summed E-state index contributed by atoms with van der Waals surface area (Å²) in [6, 6.07) is 13.6. The molecule has 0 aliphatic carbocycles. The first kappa shape index (κ1) is 10.6. The lowest BCUT2D eigenvalue weighted by molar-refractivity contribution is 0.101. The molecule has 0 amide bonds. The molecular weight excluding hydrogens is 198 g/mol. The quantitative estimate of drug-likeness (QED) is 0.731. The topological polar surface area (TPSA) is 30.0 Å². The second kappa shape index (κ2) is 4.71. The summed E-state index contributed by atoms with van der Waals surface area (Å²) in [6.45, 7) is 1.58. The number of pyridine rings is 1. The monoisotopic (exact) mass is 211 g/mol. The van der Waals surface area contributed by atoms with Gasteiger partial charge in [0.1, 0.15) is 0 Å². The number of Topliss-reactive ketones (excluding diaryl/α,β-unsaturated/α-hetero) is 1. The van der Waals surface area contributed by atoms with E-state index in [0.29, 0.717) is 0 Å². The van der Waals surface area contributed by atoms with Gasteiger partial charge < -0.3 is 0 Å². The molecule has 1 aromatic carbocycles. The lowest BCUT2D eigenvalue weighted by Gasteiger charge is -2.01. The molecule has 0 aliphatic rings. The van der Waals surface area contributed by atoms with E-state index in [0.717, 1.165) is 17.7 Å². The fraction of sp³-hybridized carbons (Fsp3) is 0.143. The van der Waals surface area contributed by atoms with Crippen LogP contribution in [0.4, 0.5) is 0 Å². The van der Waals surface area contributed by atoms with Gasteiger partial charge >= 0.3 is 0 Å². The third kappa shape index (κ3) is 2.54. The minimum atomic E-state index is 0.101.